The summed E-state index contributed by atoms with van der Waals surface area (Å²) < 4.78 is 5.61. The van der Waals surface area contributed by atoms with Gasteiger partial charge in [0.05, 0.1) is 24.8 Å². The maximum Gasteiger partial charge on any atom is 0.276 e. The van der Waals surface area contributed by atoms with Crippen LogP contribution in [0.15, 0.2) is 30.5 Å². The summed E-state index contributed by atoms with van der Waals surface area (Å²) in [5.41, 5.74) is 5.65. The lowest BCUT2D eigenvalue weighted by molar-refractivity contribution is 0.0539. The van der Waals surface area contributed by atoms with Gasteiger partial charge in [-0.2, -0.15) is 4.98 Å². The Bertz CT molecular complexity index is 1130. The van der Waals surface area contributed by atoms with Crippen LogP contribution in [-0.2, 0) is 4.84 Å². The normalized spacial score (nSPS) is 17.0. The first kappa shape index (κ1) is 19.2. The largest absolute Gasteiger partial charge is 0.480 e. The number of pyridine rings is 1. The second-order valence-electron chi connectivity index (χ2n) is 8.15. The molecule has 0 bridgehead atoms. The molecule has 1 aliphatic carbocycles. The van der Waals surface area contributed by atoms with E-state index in [1.54, 1.807) is 19.4 Å². The third kappa shape index (κ3) is 3.00. The van der Waals surface area contributed by atoms with Gasteiger partial charge in [-0.15, -0.1) is 0 Å². The molecule has 1 saturated carbocycles. The van der Waals surface area contributed by atoms with Gasteiger partial charge in [-0.3, -0.25) is 9.63 Å². The molecule has 1 spiro atoms. The van der Waals surface area contributed by atoms with E-state index in [0.29, 0.717) is 21.9 Å². The molecule has 0 unspecified atom stereocenters. The van der Waals surface area contributed by atoms with Crippen molar-refractivity contribution in [2.75, 3.05) is 32.2 Å². The number of aromatic amines is 1. The van der Waals surface area contributed by atoms with E-state index in [4.69, 9.17) is 26.2 Å². The van der Waals surface area contributed by atoms with E-state index >= 15 is 0 Å². The number of nitrogens with zero attached hydrogens (tertiary/aromatic N) is 2. The number of carbonyl (C=O) groups is 1. The average molecular weight is 427 g/mol. The van der Waals surface area contributed by atoms with Crippen molar-refractivity contribution in [3.05, 3.63) is 41.0 Å². The number of nitrogens with one attached hydrogen (secondary N) is 2. The first-order valence-corrected chi connectivity index (χ1v) is 10.4. The molecule has 0 radical (unpaired) electrons. The fourth-order valence-electron chi connectivity index (χ4n) is 4.57. The number of hydrogen-bond acceptors (Lipinski definition) is 5. The second kappa shape index (κ2) is 7.18. The van der Waals surface area contributed by atoms with Gasteiger partial charge in [0.15, 0.2) is 0 Å². The molecular formula is C22H23ClN4O3. The van der Waals surface area contributed by atoms with Gasteiger partial charge >= 0.3 is 0 Å². The van der Waals surface area contributed by atoms with Crippen molar-refractivity contribution >= 4 is 34.2 Å². The minimum absolute atomic E-state index is 0.333. The molecule has 156 valence electrons. The SMILES string of the molecule is CONC(=O)c1c[nH]c2cc(Cl)c(-c3ccc(N4CC5(CCC5)C4)nc3OC)cc12. The molecule has 1 saturated heterocycles. The predicted octanol–water partition coefficient (Wildman–Crippen LogP) is 4.17. The molecule has 0 atom stereocenters. The van der Waals surface area contributed by atoms with Crippen LogP contribution in [0.1, 0.15) is 29.6 Å². The highest BCUT2D eigenvalue weighted by Gasteiger charge is 2.47. The van der Waals surface area contributed by atoms with E-state index in [-0.39, 0.29) is 5.91 Å². The number of hydrogen-bond donors (Lipinski definition) is 2. The van der Waals surface area contributed by atoms with Crippen LogP contribution in [0, 0.1) is 5.41 Å². The Morgan fingerprint density at radius 2 is 2.03 bits per heavy atom. The number of benzene rings is 1. The minimum atomic E-state index is -0.333. The highest BCUT2D eigenvalue weighted by Crippen LogP contribution is 2.49. The number of rotatable bonds is 5. The number of methoxy groups -OCH3 is 1. The Morgan fingerprint density at radius 3 is 2.70 bits per heavy atom. The lowest BCUT2D eigenvalue weighted by atomic mass is 9.63. The van der Waals surface area contributed by atoms with Gasteiger partial charge in [0.1, 0.15) is 5.82 Å². The highest BCUT2D eigenvalue weighted by molar-refractivity contribution is 6.34. The molecule has 8 heteroatoms. The number of carbonyl (C=O) groups excluding carboxylic acids is 1. The first-order chi connectivity index (χ1) is 14.5. The topological polar surface area (TPSA) is 79.5 Å². The van der Waals surface area contributed by atoms with Crippen LogP contribution in [0.2, 0.25) is 5.02 Å². The molecule has 2 fully saturated rings. The van der Waals surface area contributed by atoms with E-state index in [1.807, 2.05) is 18.2 Å². The number of H-pyrrole nitrogens is 1. The molecule has 2 aromatic heterocycles. The zero-order valence-corrected chi connectivity index (χ0v) is 17.7. The first-order valence-electron chi connectivity index (χ1n) is 9.98. The van der Waals surface area contributed by atoms with Crippen molar-refractivity contribution in [2.45, 2.75) is 19.3 Å². The summed E-state index contributed by atoms with van der Waals surface area (Å²) >= 11 is 6.58. The maximum absolute atomic E-state index is 12.3. The summed E-state index contributed by atoms with van der Waals surface area (Å²) in [4.78, 5) is 27.2. The third-order valence-corrected chi connectivity index (χ3v) is 6.64. The smallest absolute Gasteiger partial charge is 0.276 e. The summed E-state index contributed by atoms with van der Waals surface area (Å²) in [6, 6.07) is 7.69. The van der Waals surface area contributed by atoms with Crippen molar-refractivity contribution in [3.8, 4) is 17.0 Å². The number of halogens is 1. The van der Waals surface area contributed by atoms with E-state index in [0.717, 1.165) is 40.9 Å². The molecule has 2 N–H and O–H groups in total. The van der Waals surface area contributed by atoms with Crippen LogP contribution in [0.5, 0.6) is 5.88 Å². The minimum Gasteiger partial charge on any atom is -0.480 e. The number of fused-ring (bicyclic) bond motifs is 1. The van der Waals surface area contributed by atoms with Gasteiger partial charge < -0.3 is 14.6 Å². The average Bonchev–Trinajstić information content (AvgIpc) is 3.08. The monoisotopic (exact) mass is 426 g/mol. The number of amides is 1. The van der Waals surface area contributed by atoms with Gasteiger partial charge in [0.25, 0.3) is 5.91 Å². The number of aromatic nitrogens is 2. The van der Waals surface area contributed by atoms with Gasteiger partial charge in [0.2, 0.25) is 5.88 Å². The van der Waals surface area contributed by atoms with Crippen LogP contribution in [0.3, 0.4) is 0 Å². The van der Waals surface area contributed by atoms with Crippen LogP contribution in [-0.4, -0.2) is 43.2 Å². The molecule has 3 heterocycles. The highest BCUT2D eigenvalue weighted by atomic mass is 35.5. The lowest BCUT2D eigenvalue weighted by Gasteiger charge is -2.56. The molecule has 3 aromatic rings. The maximum atomic E-state index is 12.3. The molecule has 30 heavy (non-hydrogen) atoms. The van der Waals surface area contributed by atoms with Crippen molar-refractivity contribution in [3.63, 3.8) is 0 Å². The summed E-state index contributed by atoms with van der Waals surface area (Å²) in [5.74, 6) is 1.11. The number of ether oxygens (including phenoxy) is 1. The Kier molecular flexibility index (Phi) is 4.60. The van der Waals surface area contributed by atoms with Crippen LogP contribution < -0.4 is 15.1 Å². The Morgan fingerprint density at radius 1 is 1.23 bits per heavy atom. The summed E-state index contributed by atoms with van der Waals surface area (Å²) in [7, 11) is 3.01. The molecule has 1 amide bonds. The molecular weight excluding hydrogens is 404 g/mol. The second-order valence-corrected chi connectivity index (χ2v) is 8.56. The fraction of sp³-hybridized carbons (Fsp3) is 0.364. The van der Waals surface area contributed by atoms with Crippen molar-refractivity contribution < 1.29 is 14.4 Å². The Labute approximate surface area is 179 Å². The predicted molar refractivity (Wildman–Crippen MR) is 116 cm³/mol. The number of anilines is 1. The fourth-order valence-corrected chi connectivity index (χ4v) is 4.84. The van der Waals surface area contributed by atoms with Crippen LogP contribution >= 0.6 is 11.6 Å². The Balaban J connectivity index is 1.51. The molecule has 1 aromatic carbocycles. The quantitative estimate of drug-likeness (QED) is 0.598. The zero-order chi connectivity index (χ0) is 20.9. The number of hydroxylamine groups is 1. The van der Waals surface area contributed by atoms with Gasteiger partial charge in [-0.05, 0) is 37.1 Å². The van der Waals surface area contributed by atoms with E-state index < -0.39 is 0 Å². The molecule has 7 nitrogen and oxygen atoms in total. The summed E-state index contributed by atoms with van der Waals surface area (Å²) in [6.45, 7) is 2.13. The van der Waals surface area contributed by atoms with Gasteiger partial charge in [0, 0.05) is 46.7 Å². The van der Waals surface area contributed by atoms with Gasteiger partial charge in [-0.25, -0.2) is 5.48 Å². The van der Waals surface area contributed by atoms with Crippen LogP contribution in [0.25, 0.3) is 22.0 Å². The standard InChI is InChI=1S/C22H23ClN4O3/c1-29-21-13(4-5-19(25-21)27-11-22(12-27)6-3-7-22)14-8-15-16(20(28)26-30-2)10-24-18(15)9-17(14)23/h4-5,8-10,24H,3,6-7,11-12H2,1-2H3,(H,26,28). The molecule has 5 rings (SSSR count). The van der Waals surface area contributed by atoms with E-state index in [2.05, 4.69) is 15.4 Å². The van der Waals surface area contributed by atoms with Crippen molar-refractivity contribution in [2.24, 2.45) is 5.41 Å². The zero-order valence-electron chi connectivity index (χ0n) is 16.9. The summed E-state index contributed by atoms with van der Waals surface area (Å²) in [6.07, 6.45) is 5.62. The van der Waals surface area contributed by atoms with Crippen molar-refractivity contribution in [1.82, 2.24) is 15.4 Å². The van der Waals surface area contributed by atoms with Crippen molar-refractivity contribution in [1.29, 1.82) is 0 Å². The molecule has 1 aliphatic heterocycles. The Hall–Kier alpha value is -2.77. The van der Waals surface area contributed by atoms with Crippen LogP contribution in [0.4, 0.5) is 5.82 Å². The third-order valence-electron chi connectivity index (χ3n) is 6.33. The van der Waals surface area contributed by atoms with E-state index in [1.165, 1.54) is 26.4 Å². The van der Waals surface area contributed by atoms with E-state index in [9.17, 15) is 4.79 Å². The summed E-state index contributed by atoms with van der Waals surface area (Å²) in [5, 5.41) is 1.29. The molecule has 2 aliphatic rings. The van der Waals surface area contributed by atoms with Gasteiger partial charge in [-0.1, -0.05) is 18.0 Å². The lowest BCUT2D eigenvalue weighted by Crippen LogP contribution is -2.60.